The molecule has 0 saturated heterocycles. The number of halogens is 2. The van der Waals surface area contributed by atoms with Crippen LogP contribution < -0.4 is 0 Å². The minimum Gasteiger partial charge on any atom is -0.750 e. The van der Waals surface area contributed by atoms with Gasteiger partial charge in [-0.25, -0.2) is 8.60 Å². The van der Waals surface area contributed by atoms with Crippen molar-refractivity contribution in [2.45, 2.75) is 6.61 Å². The van der Waals surface area contributed by atoms with Crippen LogP contribution in [-0.4, -0.2) is 8.76 Å². The highest BCUT2D eigenvalue weighted by atomic mass is 35.5. The molecule has 0 amide bonds. The lowest BCUT2D eigenvalue weighted by Gasteiger charge is -2.05. The molecule has 0 radical (unpaired) electrons. The Morgan fingerprint density at radius 3 is 2.85 bits per heavy atom. The van der Waals surface area contributed by atoms with E-state index in [1.165, 1.54) is 12.1 Å². The van der Waals surface area contributed by atoms with Crippen LogP contribution >= 0.6 is 11.6 Å². The second kappa shape index (κ2) is 4.66. The average Bonchev–Trinajstić information content (AvgIpc) is 2.07. The van der Waals surface area contributed by atoms with E-state index in [0.29, 0.717) is 5.56 Å². The van der Waals surface area contributed by atoms with Gasteiger partial charge in [-0.05, 0) is 17.7 Å². The molecule has 0 spiro atoms. The highest BCUT2D eigenvalue weighted by Crippen LogP contribution is 2.16. The van der Waals surface area contributed by atoms with Crippen LogP contribution in [0.3, 0.4) is 0 Å². The van der Waals surface area contributed by atoms with E-state index in [1.807, 2.05) is 0 Å². The van der Waals surface area contributed by atoms with Gasteiger partial charge in [-0.3, -0.25) is 4.18 Å². The summed E-state index contributed by atoms with van der Waals surface area (Å²) in [6.45, 7) is -0.143. The Balaban J connectivity index is 2.68. The van der Waals surface area contributed by atoms with Crippen LogP contribution in [0.25, 0.3) is 0 Å². The number of rotatable bonds is 3. The molecule has 0 fully saturated rings. The second-order valence-electron chi connectivity index (χ2n) is 2.21. The molecule has 72 valence electrons. The zero-order chi connectivity index (χ0) is 9.84. The quantitative estimate of drug-likeness (QED) is 0.734. The van der Waals surface area contributed by atoms with Crippen molar-refractivity contribution in [3.8, 4) is 0 Å². The van der Waals surface area contributed by atoms with E-state index in [9.17, 15) is 13.2 Å². The van der Waals surface area contributed by atoms with Crippen LogP contribution in [0.1, 0.15) is 5.56 Å². The summed E-state index contributed by atoms with van der Waals surface area (Å²) in [5.74, 6) is -0.548. The van der Waals surface area contributed by atoms with Crippen molar-refractivity contribution < 1.29 is 17.3 Å². The first-order chi connectivity index (χ1) is 6.09. The summed E-state index contributed by atoms with van der Waals surface area (Å²) in [4.78, 5) is 0. The van der Waals surface area contributed by atoms with Crippen molar-refractivity contribution >= 4 is 23.0 Å². The minimum absolute atomic E-state index is 0.0576. The Labute approximate surface area is 82.0 Å². The fourth-order valence-electron chi connectivity index (χ4n) is 0.746. The van der Waals surface area contributed by atoms with Crippen LogP contribution in [0.15, 0.2) is 18.2 Å². The summed E-state index contributed by atoms with van der Waals surface area (Å²) >= 11 is 2.88. The average molecular weight is 224 g/mol. The molecule has 0 saturated carbocycles. The van der Waals surface area contributed by atoms with E-state index in [1.54, 1.807) is 0 Å². The predicted molar refractivity (Wildman–Crippen MR) is 45.1 cm³/mol. The Morgan fingerprint density at radius 1 is 1.62 bits per heavy atom. The van der Waals surface area contributed by atoms with E-state index in [0.717, 1.165) is 6.07 Å². The molecule has 1 rings (SSSR count). The van der Waals surface area contributed by atoms with Crippen molar-refractivity contribution in [1.82, 2.24) is 0 Å². The Bertz CT molecular complexity index is 332. The summed E-state index contributed by atoms with van der Waals surface area (Å²) in [6, 6.07) is 3.85. The molecule has 0 aliphatic carbocycles. The molecule has 1 atom stereocenters. The van der Waals surface area contributed by atoms with Gasteiger partial charge in [0.15, 0.2) is 0 Å². The van der Waals surface area contributed by atoms with Gasteiger partial charge in [-0.1, -0.05) is 17.7 Å². The van der Waals surface area contributed by atoms with E-state index in [-0.39, 0.29) is 11.6 Å². The summed E-state index contributed by atoms with van der Waals surface area (Å²) in [7, 11) is 0. The van der Waals surface area contributed by atoms with Gasteiger partial charge in [-0.2, -0.15) is 0 Å². The molecule has 0 aromatic heterocycles. The van der Waals surface area contributed by atoms with Gasteiger partial charge < -0.3 is 4.55 Å². The maximum absolute atomic E-state index is 12.6. The Morgan fingerprint density at radius 2 is 2.31 bits per heavy atom. The zero-order valence-corrected chi connectivity index (χ0v) is 7.90. The first-order valence-corrected chi connectivity index (χ1v) is 4.64. The van der Waals surface area contributed by atoms with E-state index in [2.05, 4.69) is 4.18 Å². The van der Waals surface area contributed by atoms with Crippen molar-refractivity contribution in [3.63, 3.8) is 0 Å². The van der Waals surface area contributed by atoms with Crippen molar-refractivity contribution in [3.05, 3.63) is 34.6 Å². The predicted octanol–water partition coefficient (Wildman–Crippen LogP) is 1.79. The first kappa shape index (κ1) is 10.6. The summed E-state index contributed by atoms with van der Waals surface area (Å²) in [6.07, 6.45) is 0. The molecule has 1 aromatic rings. The summed E-state index contributed by atoms with van der Waals surface area (Å²) in [5, 5.41) is -0.0576. The van der Waals surface area contributed by atoms with Crippen molar-refractivity contribution in [2.24, 2.45) is 0 Å². The number of hydrogen-bond acceptors (Lipinski definition) is 3. The molecule has 0 aliphatic heterocycles. The third-order valence-electron chi connectivity index (χ3n) is 1.31. The molecule has 0 aliphatic rings. The van der Waals surface area contributed by atoms with Crippen LogP contribution in [0.2, 0.25) is 5.02 Å². The summed E-state index contributed by atoms with van der Waals surface area (Å²) < 4.78 is 36.9. The minimum atomic E-state index is -2.56. The normalized spacial score (nSPS) is 12.8. The van der Waals surface area contributed by atoms with E-state index in [4.69, 9.17) is 11.6 Å². The van der Waals surface area contributed by atoms with Gasteiger partial charge in [0.1, 0.15) is 5.82 Å². The molecule has 13 heavy (non-hydrogen) atoms. The standard InChI is InChI=1S/C7H6ClFO3S/c8-6-3-5(1-2-7(6)9)4-12-13(10)11/h1-3H,4H2,(H,10,11)/p-1. The van der Waals surface area contributed by atoms with E-state index < -0.39 is 17.2 Å². The maximum Gasteiger partial charge on any atom is 0.141 e. The highest BCUT2D eigenvalue weighted by molar-refractivity contribution is 7.74. The Kier molecular flexibility index (Phi) is 3.80. The molecular formula is C7H5ClFO3S-. The van der Waals surface area contributed by atoms with Gasteiger partial charge in [-0.15, -0.1) is 0 Å². The van der Waals surface area contributed by atoms with Crippen LogP contribution in [0, 0.1) is 5.82 Å². The number of hydrogen-bond donors (Lipinski definition) is 0. The highest BCUT2D eigenvalue weighted by Gasteiger charge is 2.00. The van der Waals surface area contributed by atoms with Gasteiger partial charge >= 0.3 is 0 Å². The van der Waals surface area contributed by atoms with Gasteiger partial charge in [0, 0.05) is 0 Å². The van der Waals surface area contributed by atoms with Gasteiger partial charge in [0.2, 0.25) is 0 Å². The lowest BCUT2D eigenvalue weighted by atomic mass is 10.2. The maximum atomic E-state index is 12.6. The third kappa shape index (κ3) is 3.40. The fraction of sp³-hybridized carbons (Fsp3) is 0.143. The van der Waals surface area contributed by atoms with E-state index >= 15 is 0 Å². The lowest BCUT2D eigenvalue weighted by Crippen LogP contribution is -1.96. The lowest BCUT2D eigenvalue weighted by molar-refractivity contribution is 0.291. The van der Waals surface area contributed by atoms with Crippen LogP contribution in [-0.2, 0) is 22.2 Å². The smallest absolute Gasteiger partial charge is 0.141 e. The van der Waals surface area contributed by atoms with Crippen molar-refractivity contribution in [2.75, 3.05) is 0 Å². The van der Waals surface area contributed by atoms with Gasteiger partial charge in [0.05, 0.1) is 23.0 Å². The largest absolute Gasteiger partial charge is 0.750 e. The molecular weight excluding hydrogens is 219 g/mol. The monoisotopic (exact) mass is 223 g/mol. The van der Waals surface area contributed by atoms with Crippen LogP contribution in [0.4, 0.5) is 4.39 Å². The van der Waals surface area contributed by atoms with Crippen LogP contribution in [0.5, 0.6) is 0 Å². The molecule has 0 bridgehead atoms. The molecule has 3 nitrogen and oxygen atoms in total. The van der Waals surface area contributed by atoms with Crippen molar-refractivity contribution in [1.29, 1.82) is 0 Å². The SMILES string of the molecule is O=S([O-])OCc1ccc(F)c(Cl)c1. The zero-order valence-electron chi connectivity index (χ0n) is 6.33. The molecule has 1 aromatic carbocycles. The molecule has 6 heteroatoms. The Hall–Kier alpha value is -0.490. The second-order valence-corrected chi connectivity index (χ2v) is 3.27. The number of benzene rings is 1. The molecule has 0 heterocycles. The van der Waals surface area contributed by atoms with Gasteiger partial charge in [0.25, 0.3) is 0 Å². The summed E-state index contributed by atoms with van der Waals surface area (Å²) in [5.41, 5.74) is 0.496. The first-order valence-electron chi connectivity index (χ1n) is 3.26. The molecule has 0 N–H and O–H groups in total. The fourth-order valence-corrected chi connectivity index (χ4v) is 1.18. The molecule has 1 unspecified atom stereocenters. The topological polar surface area (TPSA) is 49.4 Å². The third-order valence-corrected chi connectivity index (χ3v) is 1.91.